The van der Waals surface area contributed by atoms with Gasteiger partial charge in [0.1, 0.15) is 11.8 Å². The normalized spacial score (nSPS) is 18.0. The Morgan fingerprint density at radius 3 is 3.00 bits per heavy atom. The van der Waals surface area contributed by atoms with Crippen LogP contribution in [0.1, 0.15) is 22.2 Å². The van der Waals surface area contributed by atoms with Crippen molar-refractivity contribution in [1.82, 2.24) is 19.3 Å². The molecule has 122 valence electrons. The second kappa shape index (κ2) is 6.22. The van der Waals surface area contributed by atoms with Gasteiger partial charge in [0.05, 0.1) is 13.2 Å². The number of benzene rings is 1. The first-order valence-electron chi connectivity index (χ1n) is 7.67. The van der Waals surface area contributed by atoms with Crippen LogP contribution in [-0.4, -0.2) is 44.9 Å². The summed E-state index contributed by atoms with van der Waals surface area (Å²) in [6.07, 6.45) is 4.94. The van der Waals surface area contributed by atoms with E-state index in [-0.39, 0.29) is 12.0 Å². The lowest BCUT2D eigenvalue weighted by atomic mass is 10.1. The summed E-state index contributed by atoms with van der Waals surface area (Å²) in [5.74, 6) is 0.387. The van der Waals surface area contributed by atoms with Gasteiger partial charge in [0, 0.05) is 35.7 Å². The minimum Gasteiger partial charge on any atom is -0.370 e. The number of hydrogen-bond donors (Lipinski definition) is 0. The van der Waals surface area contributed by atoms with Gasteiger partial charge in [-0.15, -0.1) is 0 Å². The van der Waals surface area contributed by atoms with Gasteiger partial charge in [0.2, 0.25) is 5.78 Å². The highest BCUT2D eigenvalue weighted by molar-refractivity contribution is 6.31. The Balaban J connectivity index is 1.57. The van der Waals surface area contributed by atoms with Crippen LogP contribution in [0.5, 0.6) is 0 Å². The van der Waals surface area contributed by atoms with Crippen LogP contribution in [0.15, 0.2) is 48.9 Å². The second-order valence-corrected chi connectivity index (χ2v) is 5.99. The number of hydrogen-bond acceptors (Lipinski definition) is 4. The summed E-state index contributed by atoms with van der Waals surface area (Å²) in [6.45, 7) is 1.44. The number of imidazole rings is 1. The zero-order valence-corrected chi connectivity index (χ0v) is 13.6. The minimum atomic E-state index is -0.230. The molecule has 1 aliphatic rings. The Labute approximate surface area is 143 Å². The molecule has 6 nitrogen and oxygen atoms in total. The molecule has 1 aromatic carbocycles. The minimum absolute atomic E-state index is 0.124. The quantitative estimate of drug-likeness (QED) is 0.718. The summed E-state index contributed by atoms with van der Waals surface area (Å²) < 4.78 is 7.54. The van der Waals surface area contributed by atoms with Crippen molar-refractivity contribution in [2.75, 3.05) is 19.7 Å². The molecular weight excluding hydrogens is 328 g/mol. The summed E-state index contributed by atoms with van der Waals surface area (Å²) in [4.78, 5) is 23.0. The lowest BCUT2D eigenvalue weighted by Gasteiger charge is -2.33. The summed E-state index contributed by atoms with van der Waals surface area (Å²) in [5.41, 5.74) is 1.28. The number of ether oxygens (including phenoxy) is 1. The average molecular weight is 343 g/mol. The van der Waals surface area contributed by atoms with Gasteiger partial charge < -0.3 is 9.64 Å². The van der Waals surface area contributed by atoms with Gasteiger partial charge in [-0.2, -0.15) is 0 Å². The summed E-state index contributed by atoms with van der Waals surface area (Å²) >= 11 is 6.25. The summed E-state index contributed by atoms with van der Waals surface area (Å²) in [6, 6.07) is 9.34. The van der Waals surface area contributed by atoms with E-state index in [9.17, 15) is 4.79 Å². The smallest absolute Gasteiger partial charge is 0.274 e. The number of halogens is 1. The van der Waals surface area contributed by atoms with Gasteiger partial charge in [-0.25, -0.2) is 9.97 Å². The van der Waals surface area contributed by atoms with E-state index < -0.39 is 0 Å². The largest absolute Gasteiger partial charge is 0.370 e. The number of aromatic nitrogens is 3. The third-order valence-corrected chi connectivity index (χ3v) is 4.40. The molecule has 3 heterocycles. The van der Waals surface area contributed by atoms with Crippen molar-refractivity contribution in [1.29, 1.82) is 0 Å². The SMILES string of the molecule is O=C(c1cn2cccnc2n1)N1CCO[C@H](c2ccccc2Cl)C1. The zero-order chi connectivity index (χ0) is 16.5. The van der Waals surface area contributed by atoms with Crippen LogP contribution in [0, 0.1) is 0 Å². The average Bonchev–Trinajstić information content (AvgIpc) is 3.06. The van der Waals surface area contributed by atoms with Crippen molar-refractivity contribution in [2.45, 2.75) is 6.10 Å². The zero-order valence-electron chi connectivity index (χ0n) is 12.8. The molecule has 24 heavy (non-hydrogen) atoms. The van der Waals surface area contributed by atoms with Crippen LogP contribution in [0.4, 0.5) is 0 Å². The Bertz CT molecular complexity index is 862. The molecular formula is C17H15ClN4O2. The molecule has 0 aliphatic carbocycles. The van der Waals surface area contributed by atoms with E-state index in [4.69, 9.17) is 16.3 Å². The highest BCUT2D eigenvalue weighted by Gasteiger charge is 2.28. The topological polar surface area (TPSA) is 59.7 Å². The maximum atomic E-state index is 12.8. The van der Waals surface area contributed by atoms with Crippen molar-refractivity contribution >= 4 is 23.3 Å². The lowest BCUT2D eigenvalue weighted by Crippen LogP contribution is -2.42. The lowest BCUT2D eigenvalue weighted by molar-refractivity contribution is -0.0229. The molecule has 1 fully saturated rings. The van der Waals surface area contributed by atoms with Crippen LogP contribution in [0.3, 0.4) is 0 Å². The maximum absolute atomic E-state index is 12.8. The number of morpholine rings is 1. The van der Waals surface area contributed by atoms with Gasteiger partial charge >= 0.3 is 0 Å². The van der Waals surface area contributed by atoms with E-state index >= 15 is 0 Å². The molecule has 1 atom stereocenters. The molecule has 2 aromatic heterocycles. The molecule has 0 saturated carbocycles. The number of nitrogens with zero attached hydrogens (tertiary/aromatic N) is 4. The first-order valence-corrected chi connectivity index (χ1v) is 8.05. The Hall–Kier alpha value is -2.44. The number of rotatable bonds is 2. The van der Waals surface area contributed by atoms with Crippen LogP contribution in [0.25, 0.3) is 5.78 Å². The van der Waals surface area contributed by atoms with E-state index in [0.29, 0.717) is 36.2 Å². The fraction of sp³-hybridized carbons (Fsp3) is 0.235. The van der Waals surface area contributed by atoms with Crippen molar-refractivity contribution in [3.8, 4) is 0 Å². The van der Waals surface area contributed by atoms with Crippen molar-refractivity contribution in [2.24, 2.45) is 0 Å². The van der Waals surface area contributed by atoms with Crippen molar-refractivity contribution in [3.63, 3.8) is 0 Å². The third-order valence-electron chi connectivity index (χ3n) is 4.06. The molecule has 3 aromatic rings. The third kappa shape index (κ3) is 2.74. The van der Waals surface area contributed by atoms with Crippen LogP contribution in [-0.2, 0) is 4.74 Å². The highest BCUT2D eigenvalue weighted by atomic mass is 35.5. The van der Waals surface area contributed by atoms with E-state index in [1.54, 1.807) is 27.8 Å². The summed E-state index contributed by atoms with van der Waals surface area (Å²) in [5, 5.41) is 0.647. The van der Waals surface area contributed by atoms with Crippen LogP contribution in [0.2, 0.25) is 5.02 Å². The fourth-order valence-corrected chi connectivity index (χ4v) is 3.11. The van der Waals surface area contributed by atoms with E-state index in [2.05, 4.69) is 9.97 Å². The molecule has 0 spiro atoms. The predicted octanol–water partition coefficient (Wildman–Crippen LogP) is 2.60. The van der Waals surface area contributed by atoms with E-state index in [1.165, 1.54) is 0 Å². The molecule has 0 radical (unpaired) electrons. The van der Waals surface area contributed by atoms with E-state index in [1.807, 2.05) is 30.5 Å². The highest BCUT2D eigenvalue weighted by Crippen LogP contribution is 2.28. The van der Waals surface area contributed by atoms with Crippen LogP contribution < -0.4 is 0 Å². The Morgan fingerprint density at radius 2 is 2.17 bits per heavy atom. The molecule has 1 saturated heterocycles. The molecule has 0 unspecified atom stereocenters. The van der Waals surface area contributed by atoms with Gasteiger partial charge in [0.15, 0.2) is 0 Å². The van der Waals surface area contributed by atoms with Gasteiger partial charge in [0.25, 0.3) is 5.91 Å². The Morgan fingerprint density at radius 1 is 1.29 bits per heavy atom. The fourth-order valence-electron chi connectivity index (χ4n) is 2.85. The van der Waals surface area contributed by atoms with Gasteiger partial charge in [-0.3, -0.25) is 9.20 Å². The monoisotopic (exact) mass is 342 g/mol. The number of carbonyl (C=O) groups is 1. The number of carbonyl (C=O) groups excluding carboxylic acids is 1. The first-order chi connectivity index (χ1) is 11.7. The molecule has 1 aliphatic heterocycles. The first kappa shape index (κ1) is 15.1. The second-order valence-electron chi connectivity index (χ2n) is 5.59. The summed E-state index contributed by atoms with van der Waals surface area (Å²) in [7, 11) is 0. The van der Waals surface area contributed by atoms with Crippen molar-refractivity contribution < 1.29 is 9.53 Å². The Kier molecular flexibility index (Phi) is 3.92. The van der Waals surface area contributed by atoms with Crippen LogP contribution >= 0.6 is 11.6 Å². The number of amides is 1. The predicted molar refractivity (Wildman–Crippen MR) is 89.0 cm³/mol. The number of fused-ring (bicyclic) bond motifs is 1. The van der Waals surface area contributed by atoms with E-state index in [0.717, 1.165) is 5.56 Å². The van der Waals surface area contributed by atoms with Gasteiger partial charge in [-0.05, 0) is 12.1 Å². The molecule has 4 rings (SSSR count). The molecule has 7 heteroatoms. The maximum Gasteiger partial charge on any atom is 0.274 e. The van der Waals surface area contributed by atoms with Crippen molar-refractivity contribution in [3.05, 3.63) is 65.2 Å². The molecule has 0 bridgehead atoms. The van der Waals surface area contributed by atoms with Gasteiger partial charge in [-0.1, -0.05) is 29.8 Å². The molecule has 0 N–H and O–H groups in total. The molecule has 1 amide bonds. The standard InChI is InChI=1S/C17H15ClN4O2/c18-13-5-2-1-4-12(13)15-11-21(8-9-24-15)16(23)14-10-22-7-3-6-19-17(22)20-14/h1-7,10,15H,8-9,11H2/t15-/m0/s1.